The zero-order valence-electron chi connectivity index (χ0n) is 13.8. The highest BCUT2D eigenvalue weighted by Crippen LogP contribution is 2.31. The van der Waals surface area contributed by atoms with Crippen LogP contribution in [0.4, 0.5) is 4.39 Å². The summed E-state index contributed by atoms with van der Waals surface area (Å²) in [5, 5.41) is 23.1. The van der Waals surface area contributed by atoms with Gasteiger partial charge in [0.25, 0.3) is 0 Å². The lowest BCUT2D eigenvalue weighted by Crippen LogP contribution is -2.43. The quantitative estimate of drug-likeness (QED) is 0.741. The van der Waals surface area contributed by atoms with Crippen LogP contribution in [-0.2, 0) is 0 Å². The van der Waals surface area contributed by atoms with Gasteiger partial charge in [-0.3, -0.25) is 4.98 Å². The van der Waals surface area contributed by atoms with Crippen LogP contribution in [0.5, 0.6) is 0 Å². The molecule has 1 heterocycles. The van der Waals surface area contributed by atoms with Crippen LogP contribution < -0.4 is 5.32 Å². The molecule has 2 rings (SSSR count). The van der Waals surface area contributed by atoms with Crippen molar-refractivity contribution in [2.45, 2.75) is 63.7 Å². The summed E-state index contributed by atoms with van der Waals surface area (Å²) in [6.07, 6.45) is 6.62. The van der Waals surface area contributed by atoms with E-state index in [-0.39, 0.29) is 24.0 Å². The summed E-state index contributed by atoms with van der Waals surface area (Å²) < 4.78 is 13.1. The standard InChI is InChI=1S/C17H27FN2O2.ClH/c1-17(2,8-12-3-5-15(21)6-4-12)20-11-16(22)13-7-14(18)10-19-9-13;/h7,9-10,12,15-16,20-22H,3-6,8,11H2,1-2H3;1H/t12?,15?,16-;/m0./s1. The van der Waals surface area contributed by atoms with Gasteiger partial charge in [0.15, 0.2) is 0 Å². The van der Waals surface area contributed by atoms with Crippen LogP contribution in [0.1, 0.15) is 57.6 Å². The number of pyridine rings is 1. The summed E-state index contributed by atoms with van der Waals surface area (Å²) in [4.78, 5) is 3.76. The average molecular weight is 347 g/mol. The predicted octanol–water partition coefficient (Wildman–Crippen LogP) is 2.99. The van der Waals surface area contributed by atoms with Gasteiger partial charge in [0, 0.05) is 23.8 Å². The molecule has 0 radical (unpaired) electrons. The fourth-order valence-corrected chi connectivity index (χ4v) is 3.24. The predicted molar refractivity (Wildman–Crippen MR) is 91.1 cm³/mol. The molecule has 0 aliphatic heterocycles. The number of β-amino-alcohol motifs (C(OH)–C–C–N with tert-alkyl or cyclic N) is 1. The molecule has 0 spiro atoms. The summed E-state index contributed by atoms with van der Waals surface area (Å²) in [5.74, 6) is 0.176. The maximum absolute atomic E-state index is 13.1. The molecule has 0 amide bonds. The second kappa shape index (κ2) is 8.92. The SMILES string of the molecule is CC(C)(CC1CCC(O)CC1)NC[C@H](O)c1cncc(F)c1.Cl. The molecule has 0 aromatic carbocycles. The molecule has 1 aliphatic rings. The Balaban J connectivity index is 0.00000264. The minimum Gasteiger partial charge on any atom is -0.393 e. The molecule has 0 unspecified atom stereocenters. The number of nitrogens with one attached hydrogen (secondary N) is 1. The molecule has 1 fully saturated rings. The van der Waals surface area contributed by atoms with E-state index in [1.54, 1.807) is 0 Å². The number of aliphatic hydroxyl groups excluding tert-OH is 2. The summed E-state index contributed by atoms with van der Waals surface area (Å²) in [6.45, 7) is 4.61. The summed E-state index contributed by atoms with van der Waals surface area (Å²) >= 11 is 0. The van der Waals surface area contributed by atoms with Crippen LogP contribution in [0.25, 0.3) is 0 Å². The van der Waals surface area contributed by atoms with E-state index in [0.717, 1.165) is 38.3 Å². The largest absolute Gasteiger partial charge is 0.393 e. The van der Waals surface area contributed by atoms with Crippen LogP contribution in [0.15, 0.2) is 18.5 Å². The lowest BCUT2D eigenvalue weighted by Gasteiger charge is -2.34. The minimum atomic E-state index is -0.768. The van der Waals surface area contributed by atoms with E-state index >= 15 is 0 Å². The maximum Gasteiger partial charge on any atom is 0.141 e. The van der Waals surface area contributed by atoms with Gasteiger partial charge >= 0.3 is 0 Å². The Kier molecular flexibility index (Phi) is 7.87. The van der Waals surface area contributed by atoms with Gasteiger partial charge < -0.3 is 15.5 Å². The first kappa shape index (κ1) is 20.3. The highest BCUT2D eigenvalue weighted by molar-refractivity contribution is 5.85. The minimum absolute atomic E-state index is 0. The zero-order valence-corrected chi connectivity index (χ0v) is 14.7. The van der Waals surface area contributed by atoms with Crippen LogP contribution >= 0.6 is 12.4 Å². The number of nitrogens with zero attached hydrogens (tertiary/aromatic N) is 1. The van der Waals surface area contributed by atoms with Crippen molar-refractivity contribution in [1.82, 2.24) is 10.3 Å². The van der Waals surface area contributed by atoms with Gasteiger partial charge in [-0.2, -0.15) is 0 Å². The van der Waals surface area contributed by atoms with Gasteiger partial charge in [-0.05, 0) is 57.9 Å². The third-order valence-electron chi connectivity index (χ3n) is 4.50. The number of hydrogen-bond donors (Lipinski definition) is 3. The maximum atomic E-state index is 13.1. The van der Waals surface area contributed by atoms with Crippen molar-refractivity contribution in [2.24, 2.45) is 5.92 Å². The van der Waals surface area contributed by atoms with Gasteiger partial charge in [0.2, 0.25) is 0 Å². The summed E-state index contributed by atoms with van der Waals surface area (Å²) in [6, 6.07) is 1.31. The third-order valence-corrected chi connectivity index (χ3v) is 4.50. The van der Waals surface area contributed by atoms with Crippen LogP contribution in [-0.4, -0.2) is 33.4 Å². The third kappa shape index (κ3) is 6.71. The molecule has 1 aromatic rings. The first-order valence-electron chi connectivity index (χ1n) is 8.07. The smallest absolute Gasteiger partial charge is 0.141 e. The van der Waals surface area contributed by atoms with Crippen LogP contribution in [0.3, 0.4) is 0 Å². The molecular formula is C17H28ClFN2O2. The van der Waals surface area contributed by atoms with Gasteiger partial charge in [-0.15, -0.1) is 12.4 Å². The van der Waals surface area contributed by atoms with E-state index in [1.165, 1.54) is 12.3 Å². The Morgan fingerprint density at radius 3 is 2.57 bits per heavy atom. The van der Waals surface area contributed by atoms with E-state index in [1.807, 2.05) is 0 Å². The van der Waals surface area contributed by atoms with Crippen LogP contribution in [0.2, 0.25) is 0 Å². The molecule has 1 saturated carbocycles. The number of halogens is 2. The van der Waals surface area contributed by atoms with E-state index in [4.69, 9.17) is 0 Å². The highest BCUT2D eigenvalue weighted by Gasteiger charge is 2.27. The van der Waals surface area contributed by atoms with Gasteiger partial charge in [0.1, 0.15) is 5.82 Å². The van der Waals surface area contributed by atoms with Crippen molar-refractivity contribution < 1.29 is 14.6 Å². The van der Waals surface area contributed by atoms with Gasteiger partial charge in [-0.25, -0.2) is 4.39 Å². The fraction of sp³-hybridized carbons (Fsp3) is 0.706. The molecule has 4 nitrogen and oxygen atoms in total. The van der Waals surface area contributed by atoms with Crippen molar-refractivity contribution >= 4 is 12.4 Å². The van der Waals surface area contributed by atoms with E-state index in [9.17, 15) is 14.6 Å². The first-order chi connectivity index (χ1) is 10.4. The molecule has 1 aromatic heterocycles. The second-order valence-electron chi connectivity index (χ2n) is 7.10. The zero-order chi connectivity index (χ0) is 16.2. The number of rotatable bonds is 6. The Bertz CT molecular complexity index is 479. The lowest BCUT2D eigenvalue weighted by atomic mass is 9.80. The van der Waals surface area contributed by atoms with E-state index < -0.39 is 11.9 Å². The Morgan fingerprint density at radius 1 is 1.30 bits per heavy atom. The lowest BCUT2D eigenvalue weighted by molar-refractivity contribution is 0.0949. The molecule has 6 heteroatoms. The first-order valence-corrected chi connectivity index (χ1v) is 8.07. The Labute approximate surface area is 143 Å². The van der Waals surface area contributed by atoms with Crippen molar-refractivity contribution in [1.29, 1.82) is 0 Å². The number of hydrogen-bond acceptors (Lipinski definition) is 4. The Hall–Kier alpha value is -0.750. The highest BCUT2D eigenvalue weighted by atomic mass is 35.5. The Morgan fingerprint density at radius 2 is 1.96 bits per heavy atom. The number of aromatic nitrogens is 1. The van der Waals surface area contributed by atoms with Crippen molar-refractivity contribution in [3.8, 4) is 0 Å². The van der Waals surface area contributed by atoms with E-state index in [0.29, 0.717) is 18.0 Å². The molecule has 1 aliphatic carbocycles. The van der Waals surface area contributed by atoms with Gasteiger partial charge in [-0.1, -0.05) is 0 Å². The second-order valence-corrected chi connectivity index (χ2v) is 7.10. The van der Waals surface area contributed by atoms with Crippen molar-refractivity contribution in [2.75, 3.05) is 6.54 Å². The monoisotopic (exact) mass is 346 g/mol. The van der Waals surface area contributed by atoms with E-state index in [2.05, 4.69) is 24.1 Å². The normalized spacial score (nSPS) is 23.2. The molecule has 23 heavy (non-hydrogen) atoms. The molecule has 0 bridgehead atoms. The summed E-state index contributed by atoms with van der Waals surface area (Å²) in [7, 11) is 0. The van der Waals surface area contributed by atoms with Crippen molar-refractivity contribution in [3.63, 3.8) is 0 Å². The summed E-state index contributed by atoms with van der Waals surface area (Å²) in [5.41, 5.74) is 0.387. The van der Waals surface area contributed by atoms with Gasteiger partial charge in [0.05, 0.1) is 18.4 Å². The average Bonchev–Trinajstić information content (AvgIpc) is 2.47. The topological polar surface area (TPSA) is 65.4 Å². The fourth-order valence-electron chi connectivity index (χ4n) is 3.24. The van der Waals surface area contributed by atoms with Crippen LogP contribution in [0, 0.1) is 11.7 Å². The molecule has 3 N–H and O–H groups in total. The molecule has 132 valence electrons. The van der Waals surface area contributed by atoms with Crippen molar-refractivity contribution in [3.05, 3.63) is 29.8 Å². The molecular weight excluding hydrogens is 319 g/mol. The molecule has 0 saturated heterocycles. The number of aliphatic hydroxyl groups is 2. The molecule has 1 atom stereocenters.